The standard InChI is InChI=1S/C25H37N/c1-3-10-24-18(6-1)12-14-20(24)16-22-8-5-9-23(26-22)17-21-15-13-19-7-2-4-11-25(19)21/h5,8-9,18-21,24-25H,1-4,6-7,10-17H2. The van der Waals surface area contributed by atoms with Gasteiger partial charge in [0.05, 0.1) is 0 Å². The SMILES string of the molecule is c1cc(CC2CCC3CCCCC32)nc(CC2CCC3CCCCC32)c1. The molecule has 4 saturated carbocycles. The van der Waals surface area contributed by atoms with Crippen LogP contribution < -0.4 is 0 Å². The molecule has 1 aromatic rings. The van der Waals surface area contributed by atoms with E-state index >= 15 is 0 Å². The Morgan fingerprint density at radius 2 is 1.12 bits per heavy atom. The van der Waals surface area contributed by atoms with Crippen LogP contribution >= 0.6 is 0 Å². The van der Waals surface area contributed by atoms with E-state index in [1.165, 1.54) is 101 Å². The van der Waals surface area contributed by atoms with E-state index in [4.69, 9.17) is 4.98 Å². The van der Waals surface area contributed by atoms with Crippen LogP contribution in [0.2, 0.25) is 0 Å². The summed E-state index contributed by atoms with van der Waals surface area (Å²) in [5.74, 6) is 6.01. The zero-order valence-electron chi connectivity index (χ0n) is 16.5. The molecule has 0 spiro atoms. The Balaban J connectivity index is 1.23. The summed E-state index contributed by atoms with van der Waals surface area (Å²) in [6.45, 7) is 0. The third kappa shape index (κ3) is 3.48. The monoisotopic (exact) mass is 351 g/mol. The lowest BCUT2D eigenvalue weighted by atomic mass is 9.76. The Morgan fingerprint density at radius 1 is 0.615 bits per heavy atom. The molecule has 26 heavy (non-hydrogen) atoms. The lowest BCUT2D eigenvalue weighted by Crippen LogP contribution is -2.22. The summed E-state index contributed by atoms with van der Waals surface area (Å²) in [4.78, 5) is 5.17. The second-order valence-electron chi connectivity index (χ2n) is 10.1. The number of rotatable bonds is 4. The van der Waals surface area contributed by atoms with Crippen molar-refractivity contribution in [2.24, 2.45) is 35.5 Å². The van der Waals surface area contributed by atoms with Crippen molar-refractivity contribution < 1.29 is 0 Å². The van der Waals surface area contributed by atoms with Crippen LogP contribution in [0.3, 0.4) is 0 Å². The smallest absolute Gasteiger partial charge is 0.0409 e. The molecule has 1 heterocycles. The highest BCUT2D eigenvalue weighted by atomic mass is 14.7. The Kier molecular flexibility index (Phi) is 5.07. The van der Waals surface area contributed by atoms with E-state index in [9.17, 15) is 0 Å². The fourth-order valence-corrected chi connectivity index (χ4v) is 7.52. The van der Waals surface area contributed by atoms with E-state index in [1.54, 1.807) is 0 Å². The number of pyridine rings is 1. The molecule has 1 heteroatoms. The predicted octanol–water partition coefficient (Wildman–Crippen LogP) is 6.60. The first-order valence-corrected chi connectivity index (χ1v) is 11.8. The fraction of sp³-hybridized carbons (Fsp3) is 0.800. The molecule has 1 nitrogen and oxygen atoms in total. The van der Waals surface area contributed by atoms with Crippen molar-refractivity contribution in [3.05, 3.63) is 29.6 Å². The van der Waals surface area contributed by atoms with Crippen LogP contribution in [0.1, 0.15) is 88.4 Å². The van der Waals surface area contributed by atoms with Crippen molar-refractivity contribution in [2.75, 3.05) is 0 Å². The van der Waals surface area contributed by atoms with Crippen LogP contribution in [0.5, 0.6) is 0 Å². The van der Waals surface area contributed by atoms with Crippen molar-refractivity contribution in [3.63, 3.8) is 0 Å². The molecule has 0 aromatic carbocycles. The highest BCUT2D eigenvalue weighted by Gasteiger charge is 2.38. The van der Waals surface area contributed by atoms with Gasteiger partial charge < -0.3 is 0 Å². The Morgan fingerprint density at radius 3 is 1.65 bits per heavy atom. The lowest BCUT2D eigenvalue weighted by molar-refractivity contribution is 0.225. The topological polar surface area (TPSA) is 12.9 Å². The van der Waals surface area contributed by atoms with E-state index in [0.29, 0.717) is 0 Å². The minimum Gasteiger partial charge on any atom is -0.258 e. The molecule has 4 aliphatic rings. The van der Waals surface area contributed by atoms with Gasteiger partial charge in [-0.15, -0.1) is 0 Å². The normalized spacial score (nSPS) is 39.5. The van der Waals surface area contributed by atoms with Crippen molar-refractivity contribution in [2.45, 2.75) is 89.9 Å². The van der Waals surface area contributed by atoms with Crippen molar-refractivity contribution in [1.29, 1.82) is 0 Å². The molecule has 4 fully saturated rings. The first-order chi connectivity index (χ1) is 12.9. The van der Waals surface area contributed by atoms with Crippen LogP contribution in [0.25, 0.3) is 0 Å². The van der Waals surface area contributed by atoms with Gasteiger partial charge in [-0.1, -0.05) is 44.6 Å². The molecular formula is C25H37N. The van der Waals surface area contributed by atoms with E-state index in [2.05, 4.69) is 18.2 Å². The maximum Gasteiger partial charge on any atom is 0.0409 e. The number of nitrogens with zero attached hydrogens (tertiary/aromatic N) is 1. The summed E-state index contributed by atoms with van der Waals surface area (Å²) in [7, 11) is 0. The largest absolute Gasteiger partial charge is 0.258 e. The zero-order valence-corrected chi connectivity index (χ0v) is 16.5. The Bertz CT molecular complexity index is 559. The van der Waals surface area contributed by atoms with Gasteiger partial charge in [0.2, 0.25) is 0 Å². The van der Waals surface area contributed by atoms with Crippen molar-refractivity contribution >= 4 is 0 Å². The Labute approximate surface area is 160 Å². The van der Waals surface area contributed by atoms with Gasteiger partial charge in [-0.3, -0.25) is 4.98 Å². The molecule has 142 valence electrons. The molecule has 5 rings (SSSR count). The maximum atomic E-state index is 5.17. The molecule has 0 N–H and O–H groups in total. The molecule has 0 bridgehead atoms. The molecule has 6 atom stereocenters. The summed E-state index contributed by atoms with van der Waals surface area (Å²) in [6, 6.07) is 6.94. The maximum absolute atomic E-state index is 5.17. The van der Waals surface area contributed by atoms with E-state index in [1.807, 2.05) is 0 Å². The molecule has 0 amide bonds. The van der Waals surface area contributed by atoms with Gasteiger partial charge in [-0.2, -0.15) is 0 Å². The van der Waals surface area contributed by atoms with Crippen LogP contribution in [-0.2, 0) is 12.8 Å². The molecule has 0 radical (unpaired) electrons. The molecule has 0 saturated heterocycles. The summed E-state index contributed by atoms with van der Waals surface area (Å²) in [5, 5.41) is 0. The van der Waals surface area contributed by atoms with Crippen LogP contribution in [0.15, 0.2) is 18.2 Å². The number of aromatic nitrogens is 1. The van der Waals surface area contributed by atoms with Crippen LogP contribution in [0.4, 0.5) is 0 Å². The third-order valence-electron chi connectivity index (χ3n) is 8.77. The molecular weight excluding hydrogens is 314 g/mol. The molecule has 1 aromatic heterocycles. The van der Waals surface area contributed by atoms with E-state index < -0.39 is 0 Å². The number of hydrogen-bond donors (Lipinski definition) is 0. The fourth-order valence-electron chi connectivity index (χ4n) is 7.52. The number of hydrogen-bond acceptors (Lipinski definition) is 1. The van der Waals surface area contributed by atoms with Crippen molar-refractivity contribution in [1.82, 2.24) is 4.98 Å². The van der Waals surface area contributed by atoms with Crippen LogP contribution in [0, 0.1) is 35.5 Å². The quantitative estimate of drug-likeness (QED) is 0.595. The highest BCUT2D eigenvalue weighted by Crippen LogP contribution is 2.48. The number of fused-ring (bicyclic) bond motifs is 2. The van der Waals surface area contributed by atoms with Gasteiger partial charge >= 0.3 is 0 Å². The van der Waals surface area contributed by atoms with E-state index in [-0.39, 0.29) is 0 Å². The Hall–Kier alpha value is -0.850. The van der Waals surface area contributed by atoms with Gasteiger partial charge in [0.25, 0.3) is 0 Å². The van der Waals surface area contributed by atoms with Gasteiger partial charge in [0, 0.05) is 11.4 Å². The minimum absolute atomic E-state index is 0.928. The molecule has 6 unspecified atom stereocenters. The van der Waals surface area contributed by atoms with Gasteiger partial charge in [0.1, 0.15) is 0 Å². The van der Waals surface area contributed by atoms with Crippen LogP contribution in [-0.4, -0.2) is 4.98 Å². The zero-order chi connectivity index (χ0) is 17.3. The average Bonchev–Trinajstić information content (AvgIpc) is 3.27. The van der Waals surface area contributed by atoms with Gasteiger partial charge in [0.15, 0.2) is 0 Å². The summed E-state index contributed by atoms with van der Waals surface area (Å²) >= 11 is 0. The predicted molar refractivity (Wildman–Crippen MR) is 108 cm³/mol. The second kappa shape index (κ2) is 7.64. The first kappa shape index (κ1) is 17.3. The second-order valence-corrected chi connectivity index (χ2v) is 10.1. The van der Waals surface area contributed by atoms with Gasteiger partial charge in [-0.25, -0.2) is 0 Å². The van der Waals surface area contributed by atoms with E-state index in [0.717, 1.165) is 35.5 Å². The summed E-state index contributed by atoms with van der Waals surface area (Å²) in [5.41, 5.74) is 2.80. The average molecular weight is 352 g/mol. The first-order valence-electron chi connectivity index (χ1n) is 11.8. The molecule has 4 aliphatic carbocycles. The van der Waals surface area contributed by atoms with Crippen molar-refractivity contribution in [3.8, 4) is 0 Å². The molecule has 0 aliphatic heterocycles. The third-order valence-corrected chi connectivity index (χ3v) is 8.77. The minimum atomic E-state index is 0.928. The summed E-state index contributed by atoms with van der Waals surface area (Å²) in [6.07, 6.45) is 20.4. The van der Waals surface area contributed by atoms with Gasteiger partial charge in [-0.05, 0) is 99.0 Å². The lowest BCUT2D eigenvalue weighted by Gasteiger charge is -2.29. The highest BCUT2D eigenvalue weighted by molar-refractivity contribution is 5.14. The summed E-state index contributed by atoms with van der Waals surface area (Å²) < 4.78 is 0.